The summed E-state index contributed by atoms with van der Waals surface area (Å²) in [5, 5.41) is 4.49. The van der Waals surface area contributed by atoms with Crippen LogP contribution < -0.4 is 0 Å². The summed E-state index contributed by atoms with van der Waals surface area (Å²) in [6.07, 6.45) is 6.27. The van der Waals surface area contributed by atoms with Crippen molar-refractivity contribution in [2.45, 2.75) is 45.6 Å². The second-order valence-corrected chi connectivity index (χ2v) is 5.99. The number of nitrogens with zero attached hydrogens (tertiary/aromatic N) is 4. The zero-order valence-electron chi connectivity index (χ0n) is 11.7. The van der Waals surface area contributed by atoms with E-state index in [0.717, 1.165) is 41.6 Å². The molecule has 0 bridgehead atoms. The second-order valence-electron chi connectivity index (χ2n) is 5.61. The van der Waals surface area contributed by atoms with Crippen LogP contribution in [0.5, 0.6) is 0 Å². The first kappa shape index (κ1) is 13.0. The van der Waals surface area contributed by atoms with E-state index in [0.29, 0.717) is 5.88 Å². The van der Waals surface area contributed by atoms with Gasteiger partial charge in [0, 0.05) is 25.9 Å². The molecule has 0 spiro atoms. The Balaban J connectivity index is 2.04. The van der Waals surface area contributed by atoms with Crippen molar-refractivity contribution < 1.29 is 0 Å². The highest BCUT2D eigenvalue weighted by molar-refractivity contribution is 6.17. The molecule has 0 aromatic carbocycles. The molecule has 2 aromatic rings. The SMILES string of the molecule is Cc1nn(C)c2c1nc(CCCl)n2CC1CCCC1. The molecule has 1 aliphatic carbocycles. The maximum absolute atomic E-state index is 5.92. The molecular weight excluding hydrogens is 260 g/mol. The Morgan fingerprint density at radius 3 is 2.74 bits per heavy atom. The molecule has 2 aromatic heterocycles. The predicted octanol–water partition coefficient (Wildman–Crippen LogP) is 3.05. The van der Waals surface area contributed by atoms with Crippen LogP contribution in [0.15, 0.2) is 0 Å². The van der Waals surface area contributed by atoms with Crippen LogP contribution in [0.3, 0.4) is 0 Å². The normalized spacial score (nSPS) is 16.8. The van der Waals surface area contributed by atoms with Gasteiger partial charge in [-0.15, -0.1) is 11.6 Å². The molecule has 0 atom stereocenters. The fourth-order valence-corrected chi connectivity index (χ4v) is 3.47. The van der Waals surface area contributed by atoms with Crippen LogP contribution in [-0.2, 0) is 20.0 Å². The molecule has 104 valence electrons. The summed E-state index contributed by atoms with van der Waals surface area (Å²) in [6, 6.07) is 0. The summed E-state index contributed by atoms with van der Waals surface area (Å²) in [5.41, 5.74) is 3.21. The van der Waals surface area contributed by atoms with Crippen molar-refractivity contribution in [1.82, 2.24) is 19.3 Å². The van der Waals surface area contributed by atoms with Crippen LogP contribution in [0.25, 0.3) is 11.2 Å². The van der Waals surface area contributed by atoms with Gasteiger partial charge < -0.3 is 4.57 Å². The fraction of sp³-hybridized carbons (Fsp3) is 0.714. The molecule has 5 heteroatoms. The van der Waals surface area contributed by atoms with Gasteiger partial charge in [0.2, 0.25) is 0 Å². The Morgan fingerprint density at radius 2 is 2.05 bits per heavy atom. The first-order valence-corrected chi connectivity index (χ1v) is 7.69. The maximum atomic E-state index is 5.92. The molecule has 2 heterocycles. The van der Waals surface area contributed by atoms with Crippen molar-refractivity contribution >= 4 is 22.8 Å². The monoisotopic (exact) mass is 280 g/mol. The van der Waals surface area contributed by atoms with Crippen molar-refractivity contribution in [2.24, 2.45) is 13.0 Å². The minimum absolute atomic E-state index is 0.625. The number of aryl methyl sites for hydroxylation is 3. The zero-order valence-corrected chi connectivity index (χ0v) is 12.4. The number of rotatable bonds is 4. The number of hydrogen-bond acceptors (Lipinski definition) is 2. The lowest BCUT2D eigenvalue weighted by atomic mass is 10.1. The first-order valence-electron chi connectivity index (χ1n) is 7.15. The number of fused-ring (bicyclic) bond motifs is 1. The molecule has 0 saturated heterocycles. The molecule has 0 unspecified atom stereocenters. The van der Waals surface area contributed by atoms with E-state index in [2.05, 4.69) is 9.67 Å². The fourth-order valence-electron chi connectivity index (χ4n) is 3.30. The Kier molecular flexibility index (Phi) is 3.52. The van der Waals surface area contributed by atoms with E-state index in [4.69, 9.17) is 16.6 Å². The topological polar surface area (TPSA) is 35.6 Å². The summed E-state index contributed by atoms with van der Waals surface area (Å²) in [5.74, 6) is 2.54. The van der Waals surface area contributed by atoms with E-state index in [1.807, 2.05) is 18.7 Å². The van der Waals surface area contributed by atoms with Gasteiger partial charge in [0.15, 0.2) is 5.65 Å². The van der Waals surface area contributed by atoms with Crippen LogP contribution >= 0.6 is 11.6 Å². The Morgan fingerprint density at radius 1 is 1.32 bits per heavy atom. The van der Waals surface area contributed by atoms with Crippen molar-refractivity contribution in [1.29, 1.82) is 0 Å². The highest BCUT2D eigenvalue weighted by Crippen LogP contribution is 2.29. The van der Waals surface area contributed by atoms with Crippen LogP contribution in [0.2, 0.25) is 0 Å². The van der Waals surface area contributed by atoms with Gasteiger partial charge in [0.1, 0.15) is 11.3 Å². The van der Waals surface area contributed by atoms with Gasteiger partial charge in [-0.25, -0.2) is 4.98 Å². The summed E-state index contributed by atoms with van der Waals surface area (Å²) in [7, 11) is 2.01. The third-order valence-corrected chi connectivity index (χ3v) is 4.39. The Bertz CT molecular complexity index is 578. The minimum atomic E-state index is 0.625. The summed E-state index contributed by atoms with van der Waals surface area (Å²) in [4.78, 5) is 4.76. The number of aromatic nitrogens is 4. The van der Waals surface area contributed by atoms with Crippen molar-refractivity contribution in [2.75, 3.05) is 5.88 Å². The quantitative estimate of drug-likeness (QED) is 0.807. The Labute approximate surface area is 118 Å². The van der Waals surface area contributed by atoms with Gasteiger partial charge in [-0.3, -0.25) is 4.68 Å². The van der Waals surface area contributed by atoms with Crippen LogP contribution in [0.4, 0.5) is 0 Å². The molecule has 19 heavy (non-hydrogen) atoms. The molecule has 1 saturated carbocycles. The zero-order chi connectivity index (χ0) is 13.4. The molecule has 0 N–H and O–H groups in total. The van der Waals surface area contributed by atoms with E-state index in [9.17, 15) is 0 Å². The smallest absolute Gasteiger partial charge is 0.158 e. The Hall–Kier alpha value is -1.03. The molecular formula is C14H21ClN4. The van der Waals surface area contributed by atoms with E-state index in [-0.39, 0.29) is 0 Å². The lowest BCUT2D eigenvalue weighted by Crippen LogP contribution is -2.13. The largest absolute Gasteiger partial charge is 0.313 e. The van der Waals surface area contributed by atoms with Gasteiger partial charge in [0.05, 0.1) is 5.69 Å². The molecule has 4 nitrogen and oxygen atoms in total. The molecule has 1 aliphatic rings. The minimum Gasteiger partial charge on any atom is -0.313 e. The number of imidazole rings is 1. The molecule has 0 radical (unpaired) electrons. The summed E-state index contributed by atoms with van der Waals surface area (Å²) >= 11 is 5.92. The van der Waals surface area contributed by atoms with Crippen molar-refractivity contribution in [3.05, 3.63) is 11.5 Å². The van der Waals surface area contributed by atoms with E-state index in [1.165, 1.54) is 25.7 Å². The number of hydrogen-bond donors (Lipinski definition) is 0. The van der Waals surface area contributed by atoms with Crippen molar-refractivity contribution in [3.63, 3.8) is 0 Å². The van der Waals surface area contributed by atoms with Crippen LogP contribution in [0.1, 0.15) is 37.2 Å². The van der Waals surface area contributed by atoms with E-state index in [1.54, 1.807) is 0 Å². The van der Waals surface area contributed by atoms with Gasteiger partial charge in [-0.05, 0) is 25.7 Å². The van der Waals surface area contributed by atoms with Crippen LogP contribution in [-0.4, -0.2) is 25.2 Å². The average Bonchev–Trinajstić information content (AvgIpc) is 3.04. The lowest BCUT2D eigenvalue weighted by molar-refractivity contribution is 0.450. The number of alkyl halides is 1. The lowest BCUT2D eigenvalue weighted by Gasteiger charge is -2.14. The standard InChI is InChI=1S/C14H21ClN4/c1-10-13-14(18(2)17-10)19(12(16-13)7-8-15)9-11-5-3-4-6-11/h11H,3-9H2,1-2H3. The summed E-state index contributed by atoms with van der Waals surface area (Å²) in [6.45, 7) is 3.10. The van der Waals surface area contributed by atoms with Gasteiger partial charge in [0.25, 0.3) is 0 Å². The molecule has 1 fully saturated rings. The summed E-state index contributed by atoms with van der Waals surface area (Å²) < 4.78 is 4.32. The van der Waals surface area contributed by atoms with E-state index >= 15 is 0 Å². The second kappa shape index (κ2) is 5.16. The molecule has 0 amide bonds. The third-order valence-electron chi connectivity index (χ3n) is 4.20. The van der Waals surface area contributed by atoms with Crippen molar-refractivity contribution in [3.8, 4) is 0 Å². The molecule has 0 aliphatic heterocycles. The van der Waals surface area contributed by atoms with Gasteiger partial charge in [-0.1, -0.05) is 12.8 Å². The highest BCUT2D eigenvalue weighted by atomic mass is 35.5. The predicted molar refractivity (Wildman–Crippen MR) is 77.6 cm³/mol. The number of halogens is 1. The molecule has 3 rings (SSSR count). The third kappa shape index (κ3) is 2.27. The maximum Gasteiger partial charge on any atom is 0.158 e. The van der Waals surface area contributed by atoms with E-state index < -0.39 is 0 Å². The van der Waals surface area contributed by atoms with Gasteiger partial charge in [-0.2, -0.15) is 5.10 Å². The van der Waals surface area contributed by atoms with Crippen LogP contribution in [0, 0.1) is 12.8 Å². The first-order chi connectivity index (χ1) is 9.20. The average molecular weight is 281 g/mol. The highest BCUT2D eigenvalue weighted by Gasteiger charge is 2.21. The van der Waals surface area contributed by atoms with Gasteiger partial charge >= 0.3 is 0 Å².